The van der Waals surface area contributed by atoms with Crippen LogP contribution in [0.4, 0.5) is 0 Å². The lowest BCUT2D eigenvalue weighted by Crippen LogP contribution is -2.09. The maximum atomic E-state index is 12.0. The monoisotopic (exact) mass is 238 g/mol. The van der Waals surface area contributed by atoms with E-state index >= 15 is 0 Å². The Morgan fingerprint density at radius 1 is 1.31 bits per heavy atom. The molecule has 88 valence electrons. The molecule has 0 N–H and O–H groups in total. The SMILES string of the molecule is Cc1cccc(C(=O)CCC(C)(C)C)c1Cl. The topological polar surface area (TPSA) is 17.1 Å². The molecule has 0 aliphatic heterocycles. The lowest BCUT2D eigenvalue weighted by Gasteiger charge is -2.17. The van der Waals surface area contributed by atoms with Gasteiger partial charge < -0.3 is 0 Å². The zero-order chi connectivity index (χ0) is 12.3. The Morgan fingerprint density at radius 3 is 2.50 bits per heavy atom. The van der Waals surface area contributed by atoms with Crippen molar-refractivity contribution in [2.75, 3.05) is 0 Å². The van der Waals surface area contributed by atoms with Crippen LogP contribution < -0.4 is 0 Å². The maximum absolute atomic E-state index is 12.0. The molecular formula is C14H19ClO. The van der Waals surface area contributed by atoms with E-state index < -0.39 is 0 Å². The molecule has 0 fully saturated rings. The van der Waals surface area contributed by atoms with Gasteiger partial charge in [0.25, 0.3) is 0 Å². The number of hydrogen-bond donors (Lipinski definition) is 0. The molecule has 0 aliphatic carbocycles. The number of carbonyl (C=O) groups is 1. The van der Waals surface area contributed by atoms with E-state index in [0.717, 1.165) is 12.0 Å². The van der Waals surface area contributed by atoms with Crippen molar-refractivity contribution in [1.29, 1.82) is 0 Å². The average molecular weight is 239 g/mol. The van der Waals surface area contributed by atoms with Gasteiger partial charge in [0, 0.05) is 12.0 Å². The summed E-state index contributed by atoms with van der Waals surface area (Å²) in [5.41, 5.74) is 1.81. The van der Waals surface area contributed by atoms with Crippen LogP contribution >= 0.6 is 11.6 Å². The van der Waals surface area contributed by atoms with Gasteiger partial charge in [0.05, 0.1) is 5.02 Å². The maximum Gasteiger partial charge on any atom is 0.164 e. The Kier molecular flexibility index (Phi) is 4.15. The molecule has 0 heterocycles. The average Bonchev–Trinajstić information content (AvgIpc) is 2.17. The Balaban J connectivity index is 2.78. The summed E-state index contributed by atoms with van der Waals surface area (Å²) in [4.78, 5) is 12.0. The van der Waals surface area contributed by atoms with Crippen LogP contribution in [-0.4, -0.2) is 5.78 Å². The molecule has 0 aliphatic rings. The minimum Gasteiger partial charge on any atom is -0.294 e. The number of halogens is 1. The lowest BCUT2D eigenvalue weighted by atomic mass is 9.88. The van der Waals surface area contributed by atoms with Crippen molar-refractivity contribution in [2.24, 2.45) is 5.41 Å². The van der Waals surface area contributed by atoms with Crippen molar-refractivity contribution in [3.8, 4) is 0 Å². The zero-order valence-electron chi connectivity index (χ0n) is 10.4. The van der Waals surface area contributed by atoms with E-state index in [1.807, 2.05) is 19.1 Å². The Morgan fingerprint density at radius 2 is 1.94 bits per heavy atom. The number of ketones is 1. The molecule has 1 aromatic carbocycles. The summed E-state index contributed by atoms with van der Waals surface area (Å²) in [5.74, 6) is 0.142. The molecule has 0 amide bonds. The van der Waals surface area contributed by atoms with E-state index in [1.54, 1.807) is 6.07 Å². The second kappa shape index (κ2) is 5.01. The first-order chi connectivity index (χ1) is 7.31. The number of carbonyl (C=O) groups excluding carboxylic acids is 1. The minimum atomic E-state index is 0.142. The number of Topliss-reactive ketones (excluding diaryl/α,β-unsaturated/α-hetero) is 1. The predicted octanol–water partition coefficient (Wildman–Crippen LogP) is 4.66. The smallest absolute Gasteiger partial charge is 0.164 e. The molecule has 1 nitrogen and oxygen atoms in total. The van der Waals surface area contributed by atoms with Crippen LogP contribution in [-0.2, 0) is 0 Å². The van der Waals surface area contributed by atoms with Crippen molar-refractivity contribution in [2.45, 2.75) is 40.5 Å². The van der Waals surface area contributed by atoms with Crippen LogP contribution in [0.2, 0.25) is 5.02 Å². The highest BCUT2D eigenvalue weighted by Crippen LogP contribution is 2.25. The van der Waals surface area contributed by atoms with Gasteiger partial charge in [0.15, 0.2) is 5.78 Å². The normalized spacial score (nSPS) is 11.6. The van der Waals surface area contributed by atoms with Crippen molar-refractivity contribution < 1.29 is 4.79 Å². The molecule has 0 radical (unpaired) electrons. The summed E-state index contributed by atoms with van der Waals surface area (Å²) in [6.45, 7) is 8.33. The number of rotatable bonds is 3. The molecule has 2 heteroatoms. The van der Waals surface area contributed by atoms with Gasteiger partial charge in [-0.25, -0.2) is 0 Å². The number of aryl methyl sites for hydroxylation is 1. The minimum absolute atomic E-state index is 0.142. The molecule has 0 aromatic heterocycles. The largest absolute Gasteiger partial charge is 0.294 e. The molecule has 0 bridgehead atoms. The summed E-state index contributed by atoms with van der Waals surface area (Å²) in [7, 11) is 0. The first-order valence-corrected chi connectivity index (χ1v) is 5.97. The van der Waals surface area contributed by atoms with E-state index in [4.69, 9.17) is 11.6 Å². The third-order valence-electron chi connectivity index (χ3n) is 2.59. The van der Waals surface area contributed by atoms with E-state index in [2.05, 4.69) is 20.8 Å². The van der Waals surface area contributed by atoms with Crippen LogP contribution in [0.3, 0.4) is 0 Å². The zero-order valence-corrected chi connectivity index (χ0v) is 11.2. The fourth-order valence-corrected chi connectivity index (χ4v) is 1.72. The quantitative estimate of drug-likeness (QED) is 0.700. The molecule has 0 saturated carbocycles. The summed E-state index contributed by atoms with van der Waals surface area (Å²) in [6.07, 6.45) is 1.45. The highest BCUT2D eigenvalue weighted by Gasteiger charge is 2.16. The first-order valence-electron chi connectivity index (χ1n) is 5.59. The summed E-state index contributed by atoms with van der Waals surface area (Å²) in [5, 5.41) is 0.599. The van der Waals surface area contributed by atoms with Gasteiger partial charge in [-0.1, -0.05) is 44.5 Å². The fraction of sp³-hybridized carbons (Fsp3) is 0.500. The third kappa shape index (κ3) is 3.64. The highest BCUT2D eigenvalue weighted by atomic mass is 35.5. The van der Waals surface area contributed by atoms with E-state index in [1.165, 1.54) is 0 Å². The fourth-order valence-electron chi connectivity index (χ4n) is 1.49. The van der Waals surface area contributed by atoms with Crippen LogP contribution in [0.5, 0.6) is 0 Å². The molecule has 0 atom stereocenters. The third-order valence-corrected chi connectivity index (χ3v) is 3.10. The molecule has 16 heavy (non-hydrogen) atoms. The predicted molar refractivity (Wildman–Crippen MR) is 69.2 cm³/mol. The van der Waals surface area contributed by atoms with E-state index in [-0.39, 0.29) is 11.2 Å². The van der Waals surface area contributed by atoms with Crippen molar-refractivity contribution in [1.82, 2.24) is 0 Å². The van der Waals surface area contributed by atoms with Gasteiger partial charge in [0.2, 0.25) is 0 Å². The molecule has 0 saturated heterocycles. The molecule has 1 aromatic rings. The molecule has 0 unspecified atom stereocenters. The Hall–Kier alpha value is -0.820. The molecule has 1 rings (SSSR count). The Labute approximate surface area is 103 Å². The van der Waals surface area contributed by atoms with Gasteiger partial charge in [-0.3, -0.25) is 4.79 Å². The molecular weight excluding hydrogens is 220 g/mol. The van der Waals surface area contributed by atoms with E-state index in [0.29, 0.717) is 17.0 Å². The van der Waals surface area contributed by atoms with Gasteiger partial charge in [0.1, 0.15) is 0 Å². The highest BCUT2D eigenvalue weighted by molar-refractivity contribution is 6.34. The van der Waals surface area contributed by atoms with Crippen LogP contribution in [0, 0.1) is 12.3 Å². The second-order valence-corrected chi connectivity index (χ2v) is 5.80. The Bertz CT molecular complexity index is 388. The van der Waals surface area contributed by atoms with Crippen LogP contribution in [0.15, 0.2) is 18.2 Å². The van der Waals surface area contributed by atoms with Gasteiger partial charge in [-0.2, -0.15) is 0 Å². The standard InChI is InChI=1S/C14H19ClO/c1-10-6-5-7-11(13(10)15)12(16)8-9-14(2,3)4/h5-7H,8-9H2,1-4H3. The first kappa shape index (κ1) is 13.2. The summed E-state index contributed by atoms with van der Waals surface area (Å²) >= 11 is 6.12. The number of benzene rings is 1. The second-order valence-electron chi connectivity index (χ2n) is 5.42. The van der Waals surface area contributed by atoms with E-state index in [9.17, 15) is 4.79 Å². The van der Waals surface area contributed by atoms with Crippen molar-refractivity contribution in [3.05, 3.63) is 34.3 Å². The summed E-state index contributed by atoms with van der Waals surface area (Å²) < 4.78 is 0. The van der Waals surface area contributed by atoms with Gasteiger partial charge in [-0.05, 0) is 30.4 Å². The van der Waals surface area contributed by atoms with Gasteiger partial charge in [-0.15, -0.1) is 0 Å². The molecule has 0 spiro atoms. The summed E-state index contributed by atoms with van der Waals surface area (Å²) in [6, 6.07) is 5.61. The van der Waals surface area contributed by atoms with Crippen LogP contribution in [0.25, 0.3) is 0 Å². The number of hydrogen-bond acceptors (Lipinski definition) is 1. The lowest BCUT2D eigenvalue weighted by molar-refractivity contribution is 0.0966. The van der Waals surface area contributed by atoms with Crippen LogP contribution in [0.1, 0.15) is 49.5 Å². The van der Waals surface area contributed by atoms with Gasteiger partial charge >= 0.3 is 0 Å². The van der Waals surface area contributed by atoms with Crippen molar-refractivity contribution >= 4 is 17.4 Å². The van der Waals surface area contributed by atoms with Crippen molar-refractivity contribution in [3.63, 3.8) is 0 Å².